The topological polar surface area (TPSA) is 119 Å². The van der Waals surface area contributed by atoms with Gasteiger partial charge in [0.15, 0.2) is 0 Å². The maximum absolute atomic E-state index is 12.8. The quantitative estimate of drug-likeness (QED) is 0.234. The molecule has 0 aliphatic carbocycles. The minimum Gasteiger partial charge on any atom is -0.369 e. The second-order valence-electron chi connectivity index (χ2n) is 8.03. The first kappa shape index (κ1) is 24.9. The van der Waals surface area contributed by atoms with E-state index >= 15 is 0 Å². The largest absolute Gasteiger partial charge is 0.369 e. The zero-order chi connectivity index (χ0) is 23.8. The lowest BCUT2D eigenvalue weighted by Gasteiger charge is -2.29. The van der Waals surface area contributed by atoms with Crippen LogP contribution in [0.15, 0.2) is 18.2 Å². The minimum atomic E-state index is -3.37. The molecule has 1 aromatic carbocycles. The van der Waals surface area contributed by atoms with Crippen LogP contribution in [0.3, 0.4) is 0 Å². The second kappa shape index (κ2) is 11.4. The van der Waals surface area contributed by atoms with Crippen molar-refractivity contribution in [3.8, 4) is 11.8 Å². The summed E-state index contributed by atoms with van der Waals surface area (Å²) in [7, 11) is -3.37. The summed E-state index contributed by atoms with van der Waals surface area (Å²) in [6.45, 7) is 1.30. The van der Waals surface area contributed by atoms with Gasteiger partial charge in [0.05, 0.1) is 12.9 Å². The summed E-state index contributed by atoms with van der Waals surface area (Å²) >= 11 is 0. The van der Waals surface area contributed by atoms with E-state index in [9.17, 15) is 22.8 Å². The molecule has 2 heterocycles. The van der Waals surface area contributed by atoms with Crippen LogP contribution in [0.1, 0.15) is 60.0 Å². The molecule has 2 aliphatic rings. The number of nitrogens with one attached hydrogen (secondary N) is 1. The van der Waals surface area contributed by atoms with E-state index in [-0.39, 0.29) is 38.0 Å². The fraction of sp³-hybridized carbons (Fsp3) is 0.522. The number of unbranched alkanes of at least 4 members (excludes halogenated alkanes) is 3. The molecule has 0 spiro atoms. The maximum Gasteiger partial charge on any atom is 0.264 e. The first-order valence-electron chi connectivity index (χ1n) is 10.9. The molecule has 9 nitrogen and oxygen atoms in total. The molecule has 1 unspecified atom stereocenters. The van der Waals surface area contributed by atoms with Gasteiger partial charge in [-0.2, -0.15) is 8.42 Å². The SMILES string of the molecule is CS(=O)(=O)OCCCCCCOCC#Cc1cccc2c1CN(C1CCC(=O)NC1=O)C2=O. The summed E-state index contributed by atoms with van der Waals surface area (Å²) in [5.74, 6) is 5.06. The van der Waals surface area contributed by atoms with E-state index in [0.717, 1.165) is 36.6 Å². The van der Waals surface area contributed by atoms with Crippen molar-refractivity contribution >= 4 is 27.8 Å². The number of benzene rings is 1. The molecule has 0 radical (unpaired) electrons. The van der Waals surface area contributed by atoms with Crippen LogP contribution < -0.4 is 5.32 Å². The molecule has 178 valence electrons. The second-order valence-corrected chi connectivity index (χ2v) is 9.67. The third-order valence-electron chi connectivity index (χ3n) is 5.46. The Morgan fingerprint density at radius 3 is 2.61 bits per heavy atom. The fourth-order valence-corrected chi connectivity index (χ4v) is 4.25. The molecule has 0 aromatic heterocycles. The van der Waals surface area contributed by atoms with Crippen LogP contribution in [-0.2, 0) is 35.2 Å². The third kappa shape index (κ3) is 7.12. The van der Waals surface area contributed by atoms with Crippen LogP contribution in [-0.4, -0.2) is 63.2 Å². The lowest BCUT2D eigenvalue weighted by atomic mass is 10.0. The molecule has 33 heavy (non-hydrogen) atoms. The summed E-state index contributed by atoms with van der Waals surface area (Å²) in [4.78, 5) is 37.9. The number of rotatable bonds is 10. The molecule has 3 rings (SSSR count). The average Bonchev–Trinajstić information content (AvgIpc) is 3.08. The molecule has 1 aromatic rings. The molecule has 1 atom stereocenters. The zero-order valence-electron chi connectivity index (χ0n) is 18.6. The maximum atomic E-state index is 12.8. The van der Waals surface area contributed by atoms with E-state index in [1.54, 1.807) is 12.1 Å². The Labute approximate surface area is 193 Å². The van der Waals surface area contributed by atoms with E-state index in [1.807, 2.05) is 6.07 Å². The molecule has 1 saturated heterocycles. The number of ether oxygens (including phenoxy) is 1. The van der Waals surface area contributed by atoms with Gasteiger partial charge in [0.1, 0.15) is 12.6 Å². The Hall–Kier alpha value is -2.74. The minimum absolute atomic E-state index is 0.204. The summed E-state index contributed by atoms with van der Waals surface area (Å²) in [5.41, 5.74) is 2.05. The standard InChI is InChI=1S/C23H28N2O7S/c1-33(29,30)32-15-5-3-2-4-13-31-14-7-9-17-8-6-10-18-19(17)16-25(23(18)28)20-11-12-21(26)24-22(20)27/h6,8,10,20H,2-5,11-16H2,1H3,(H,24,26,27). The molecule has 3 amide bonds. The molecule has 2 aliphatic heterocycles. The smallest absolute Gasteiger partial charge is 0.264 e. The molecule has 10 heteroatoms. The zero-order valence-corrected chi connectivity index (χ0v) is 19.4. The number of carbonyl (C=O) groups excluding carboxylic acids is 3. The van der Waals surface area contributed by atoms with Gasteiger partial charge in [0.25, 0.3) is 16.0 Å². The average molecular weight is 477 g/mol. The monoisotopic (exact) mass is 476 g/mol. The van der Waals surface area contributed by atoms with Crippen molar-refractivity contribution in [2.75, 3.05) is 26.1 Å². The van der Waals surface area contributed by atoms with Crippen LogP contribution in [0.2, 0.25) is 0 Å². The lowest BCUT2D eigenvalue weighted by molar-refractivity contribution is -0.136. The Bertz CT molecular complexity index is 1070. The molecule has 0 saturated carbocycles. The Kier molecular flexibility index (Phi) is 8.61. The van der Waals surface area contributed by atoms with Crippen LogP contribution in [0.25, 0.3) is 0 Å². The van der Waals surface area contributed by atoms with Crippen LogP contribution in [0.4, 0.5) is 0 Å². The summed E-state index contributed by atoms with van der Waals surface area (Å²) in [6.07, 6.45) is 4.87. The molecule has 1 N–H and O–H groups in total. The highest BCUT2D eigenvalue weighted by Gasteiger charge is 2.39. The van der Waals surface area contributed by atoms with E-state index in [4.69, 9.17) is 4.74 Å². The number of amides is 3. The van der Waals surface area contributed by atoms with Crippen LogP contribution >= 0.6 is 0 Å². The number of hydrogen-bond donors (Lipinski definition) is 1. The van der Waals surface area contributed by atoms with E-state index in [0.29, 0.717) is 25.0 Å². The predicted molar refractivity (Wildman–Crippen MR) is 119 cm³/mol. The highest BCUT2D eigenvalue weighted by Crippen LogP contribution is 2.29. The molecular weight excluding hydrogens is 448 g/mol. The molecule has 0 bridgehead atoms. The normalized spacial score (nSPS) is 18.0. The number of hydrogen-bond acceptors (Lipinski definition) is 7. The summed E-state index contributed by atoms with van der Waals surface area (Å²) in [5, 5.41) is 2.30. The Morgan fingerprint density at radius 1 is 1.12 bits per heavy atom. The Balaban J connectivity index is 1.43. The van der Waals surface area contributed by atoms with Gasteiger partial charge in [-0.25, -0.2) is 0 Å². The van der Waals surface area contributed by atoms with Crippen molar-refractivity contribution in [3.05, 3.63) is 34.9 Å². The van der Waals surface area contributed by atoms with Gasteiger partial charge < -0.3 is 9.64 Å². The van der Waals surface area contributed by atoms with Gasteiger partial charge in [0, 0.05) is 30.7 Å². The lowest BCUT2D eigenvalue weighted by Crippen LogP contribution is -2.52. The van der Waals surface area contributed by atoms with Gasteiger partial charge in [-0.05, 0) is 37.0 Å². The van der Waals surface area contributed by atoms with Gasteiger partial charge in [-0.3, -0.25) is 23.9 Å². The number of carbonyl (C=O) groups is 3. The fourth-order valence-electron chi connectivity index (χ4n) is 3.83. The van der Waals surface area contributed by atoms with E-state index in [1.165, 1.54) is 4.90 Å². The van der Waals surface area contributed by atoms with Gasteiger partial charge >= 0.3 is 0 Å². The van der Waals surface area contributed by atoms with Crippen molar-refractivity contribution in [3.63, 3.8) is 0 Å². The van der Waals surface area contributed by atoms with Gasteiger partial charge in [-0.15, -0.1) is 0 Å². The molecule has 1 fully saturated rings. The number of piperidine rings is 1. The van der Waals surface area contributed by atoms with Crippen molar-refractivity contribution in [2.24, 2.45) is 0 Å². The first-order chi connectivity index (χ1) is 15.8. The number of fused-ring (bicyclic) bond motifs is 1. The highest BCUT2D eigenvalue weighted by atomic mass is 32.2. The number of imide groups is 1. The van der Waals surface area contributed by atoms with E-state index < -0.39 is 22.1 Å². The van der Waals surface area contributed by atoms with Crippen molar-refractivity contribution in [1.29, 1.82) is 0 Å². The molecular formula is C23H28N2O7S. The van der Waals surface area contributed by atoms with Crippen molar-refractivity contribution in [1.82, 2.24) is 10.2 Å². The number of nitrogens with zero attached hydrogens (tertiary/aromatic N) is 1. The van der Waals surface area contributed by atoms with Crippen LogP contribution in [0.5, 0.6) is 0 Å². The van der Waals surface area contributed by atoms with Gasteiger partial charge in [-0.1, -0.05) is 30.7 Å². The highest BCUT2D eigenvalue weighted by molar-refractivity contribution is 7.85. The Morgan fingerprint density at radius 2 is 1.88 bits per heavy atom. The van der Waals surface area contributed by atoms with Crippen molar-refractivity contribution < 1.29 is 31.7 Å². The third-order valence-corrected chi connectivity index (χ3v) is 6.05. The van der Waals surface area contributed by atoms with E-state index in [2.05, 4.69) is 21.3 Å². The van der Waals surface area contributed by atoms with Gasteiger partial charge in [0.2, 0.25) is 11.8 Å². The van der Waals surface area contributed by atoms with Crippen LogP contribution in [0, 0.1) is 11.8 Å². The summed E-state index contributed by atoms with van der Waals surface area (Å²) in [6, 6.07) is 4.69. The van der Waals surface area contributed by atoms with Crippen molar-refractivity contribution in [2.45, 2.75) is 51.1 Å². The summed E-state index contributed by atoms with van der Waals surface area (Å²) < 4.78 is 31.9. The first-order valence-corrected chi connectivity index (χ1v) is 12.8. The predicted octanol–water partition coefficient (Wildman–Crippen LogP) is 1.35.